The number of benzene rings is 4. The molecular formula is C36H26N4O. The molecule has 3 aromatic heterocycles. The summed E-state index contributed by atoms with van der Waals surface area (Å²) >= 11 is 0. The summed E-state index contributed by atoms with van der Waals surface area (Å²) in [7, 11) is 0. The number of fused-ring (bicyclic) bond motifs is 1. The Hall–Kier alpha value is -5.55. The van der Waals surface area contributed by atoms with Crippen LogP contribution in [0.3, 0.4) is 0 Å². The summed E-state index contributed by atoms with van der Waals surface area (Å²) in [6, 6.07) is 41.1. The Morgan fingerprint density at radius 1 is 0.610 bits per heavy atom. The van der Waals surface area contributed by atoms with Crippen LogP contribution in [0.2, 0.25) is 0 Å². The molecular weight excluding hydrogens is 504 g/mol. The van der Waals surface area contributed by atoms with Gasteiger partial charge in [0, 0.05) is 28.7 Å². The van der Waals surface area contributed by atoms with E-state index >= 15 is 0 Å². The number of hydrogen-bond donors (Lipinski definition) is 1. The lowest BCUT2D eigenvalue weighted by Crippen LogP contribution is -1.98. The summed E-state index contributed by atoms with van der Waals surface area (Å²) < 4.78 is 2.10. The number of hydrogen-bond acceptors (Lipinski definition) is 4. The van der Waals surface area contributed by atoms with Gasteiger partial charge in [-0.05, 0) is 66.1 Å². The van der Waals surface area contributed by atoms with E-state index in [1.165, 1.54) is 6.20 Å². The van der Waals surface area contributed by atoms with Gasteiger partial charge in [-0.1, -0.05) is 78.9 Å². The number of pyridine rings is 2. The Balaban J connectivity index is 1.40. The maximum atomic E-state index is 10.8. The number of aromatic nitrogens is 4. The van der Waals surface area contributed by atoms with Crippen LogP contribution in [0, 0.1) is 6.92 Å². The molecule has 0 saturated carbocycles. The van der Waals surface area contributed by atoms with E-state index in [0.717, 1.165) is 55.9 Å². The molecule has 0 atom stereocenters. The summed E-state index contributed by atoms with van der Waals surface area (Å²) in [5.74, 6) is 0.756. The Morgan fingerprint density at radius 3 is 2.17 bits per heavy atom. The van der Waals surface area contributed by atoms with E-state index < -0.39 is 0 Å². The molecule has 0 unspecified atom stereocenters. The summed E-state index contributed by atoms with van der Waals surface area (Å²) in [5, 5.41) is 10.8. The van der Waals surface area contributed by atoms with Crippen molar-refractivity contribution in [2.75, 3.05) is 0 Å². The molecule has 0 spiro atoms. The number of para-hydroxylation sites is 2. The van der Waals surface area contributed by atoms with Crippen LogP contribution in [0.15, 0.2) is 134 Å². The standard InChI is InChI=1S/C36H26N4O/c1-24-20-31(34(41)23-38-24)36-39-35-30(16-9-17-33(35)40(36)29-14-6-3-7-15-29)27-12-8-13-28(21-27)32-22-26(18-19-37-32)25-10-4-2-5-11-25/h2-23,41H,1H3. The fourth-order valence-corrected chi connectivity index (χ4v) is 5.33. The van der Waals surface area contributed by atoms with E-state index in [4.69, 9.17) is 9.97 Å². The third kappa shape index (κ3) is 4.53. The average Bonchev–Trinajstić information content (AvgIpc) is 3.43. The molecule has 5 heteroatoms. The first-order valence-electron chi connectivity index (χ1n) is 13.5. The number of nitrogens with zero attached hydrogens (tertiary/aromatic N) is 4. The number of imidazole rings is 1. The van der Waals surface area contributed by atoms with Crippen molar-refractivity contribution < 1.29 is 5.11 Å². The fraction of sp³-hybridized carbons (Fsp3) is 0.0278. The largest absolute Gasteiger partial charge is 0.506 e. The normalized spacial score (nSPS) is 11.1. The minimum absolute atomic E-state index is 0.0935. The highest BCUT2D eigenvalue weighted by Gasteiger charge is 2.20. The van der Waals surface area contributed by atoms with Gasteiger partial charge in [-0.25, -0.2) is 4.98 Å². The van der Waals surface area contributed by atoms with Crippen molar-refractivity contribution in [3.8, 4) is 56.3 Å². The highest BCUT2D eigenvalue weighted by Crippen LogP contribution is 2.38. The predicted octanol–water partition coefficient (Wildman–Crippen LogP) is 8.50. The molecule has 4 aromatic carbocycles. The fourth-order valence-electron chi connectivity index (χ4n) is 5.33. The second kappa shape index (κ2) is 10.2. The molecule has 0 radical (unpaired) electrons. The summed E-state index contributed by atoms with van der Waals surface area (Å²) in [6.07, 6.45) is 3.35. The van der Waals surface area contributed by atoms with Crippen LogP contribution in [0.4, 0.5) is 0 Å². The molecule has 0 aliphatic heterocycles. The maximum Gasteiger partial charge on any atom is 0.149 e. The van der Waals surface area contributed by atoms with Crippen LogP contribution in [0.5, 0.6) is 5.75 Å². The van der Waals surface area contributed by atoms with Gasteiger partial charge in [0.1, 0.15) is 11.6 Å². The molecule has 7 rings (SSSR count). The molecule has 0 aliphatic carbocycles. The lowest BCUT2D eigenvalue weighted by molar-refractivity contribution is 0.474. The van der Waals surface area contributed by atoms with Crippen molar-refractivity contribution in [1.29, 1.82) is 0 Å². The first kappa shape index (κ1) is 24.5. The average molecular weight is 531 g/mol. The minimum Gasteiger partial charge on any atom is -0.506 e. The second-order valence-electron chi connectivity index (χ2n) is 10.00. The zero-order valence-electron chi connectivity index (χ0n) is 22.4. The van der Waals surface area contributed by atoms with Gasteiger partial charge in [0.25, 0.3) is 0 Å². The van der Waals surface area contributed by atoms with Crippen molar-refractivity contribution >= 4 is 11.0 Å². The van der Waals surface area contributed by atoms with Crippen LogP contribution in [0.25, 0.3) is 61.6 Å². The molecule has 0 bridgehead atoms. The van der Waals surface area contributed by atoms with Crippen LogP contribution >= 0.6 is 0 Å². The van der Waals surface area contributed by atoms with Crippen molar-refractivity contribution in [1.82, 2.24) is 19.5 Å². The smallest absolute Gasteiger partial charge is 0.149 e. The molecule has 5 nitrogen and oxygen atoms in total. The first-order valence-corrected chi connectivity index (χ1v) is 13.5. The van der Waals surface area contributed by atoms with Gasteiger partial charge in [-0.3, -0.25) is 14.5 Å². The molecule has 41 heavy (non-hydrogen) atoms. The molecule has 0 aliphatic rings. The number of aromatic hydroxyl groups is 1. The monoisotopic (exact) mass is 530 g/mol. The summed E-state index contributed by atoms with van der Waals surface area (Å²) in [6.45, 7) is 1.91. The third-order valence-corrected chi connectivity index (χ3v) is 7.30. The lowest BCUT2D eigenvalue weighted by Gasteiger charge is -2.11. The summed E-state index contributed by atoms with van der Waals surface area (Å²) in [4.78, 5) is 14.1. The third-order valence-electron chi connectivity index (χ3n) is 7.30. The van der Waals surface area contributed by atoms with Crippen molar-refractivity contribution in [3.05, 3.63) is 139 Å². The first-order chi connectivity index (χ1) is 20.2. The lowest BCUT2D eigenvalue weighted by atomic mass is 9.99. The van der Waals surface area contributed by atoms with E-state index in [1.54, 1.807) is 0 Å². The highest BCUT2D eigenvalue weighted by atomic mass is 16.3. The topological polar surface area (TPSA) is 63.8 Å². The zero-order chi connectivity index (χ0) is 27.8. The van der Waals surface area contributed by atoms with Gasteiger partial charge < -0.3 is 5.11 Å². The quantitative estimate of drug-likeness (QED) is 0.242. The van der Waals surface area contributed by atoms with E-state index in [2.05, 4.69) is 82.3 Å². The Kier molecular flexibility index (Phi) is 6.10. The van der Waals surface area contributed by atoms with Crippen molar-refractivity contribution in [2.24, 2.45) is 0 Å². The van der Waals surface area contributed by atoms with Gasteiger partial charge in [-0.15, -0.1) is 0 Å². The highest BCUT2D eigenvalue weighted by molar-refractivity contribution is 5.96. The molecule has 1 N–H and O–H groups in total. The SMILES string of the molecule is Cc1cc(-c2nc3c(-c4cccc(-c5cc(-c6ccccc6)ccn5)c4)cccc3n2-c2ccccc2)c(O)cn1. The maximum absolute atomic E-state index is 10.8. The van der Waals surface area contributed by atoms with Crippen molar-refractivity contribution in [3.63, 3.8) is 0 Å². The molecule has 0 saturated heterocycles. The van der Waals surface area contributed by atoms with Gasteiger partial charge in [0.15, 0.2) is 0 Å². The summed E-state index contributed by atoms with van der Waals surface area (Å²) in [5.41, 5.74) is 10.5. The Morgan fingerprint density at radius 2 is 1.34 bits per heavy atom. The second-order valence-corrected chi connectivity index (χ2v) is 10.00. The van der Waals surface area contributed by atoms with Crippen LogP contribution in [-0.4, -0.2) is 24.6 Å². The van der Waals surface area contributed by atoms with Gasteiger partial charge in [0.2, 0.25) is 0 Å². The molecule has 0 fully saturated rings. The van der Waals surface area contributed by atoms with E-state index in [1.807, 2.05) is 61.7 Å². The van der Waals surface area contributed by atoms with Crippen LogP contribution in [0.1, 0.15) is 5.69 Å². The minimum atomic E-state index is 0.0935. The molecule has 0 amide bonds. The predicted molar refractivity (Wildman–Crippen MR) is 165 cm³/mol. The molecule has 196 valence electrons. The van der Waals surface area contributed by atoms with E-state index in [-0.39, 0.29) is 5.75 Å². The van der Waals surface area contributed by atoms with Gasteiger partial charge in [0.05, 0.1) is 28.5 Å². The van der Waals surface area contributed by atoms with Crippen molar-refractivity contribution in [2.45, 2.75) is 6.92 Å². The zero-order valence-corrected chi connectivity index (χ0v) is 22.4. The van der Waals surface area contributed by atoms with Crippen LogP contribution < -0.4 is 0 Å². The molecule has 7 aromatic rings. The molecule has 3 heterocycles. The number of aryl methyl sites for hydroxylation is 1. The Labute approximate surface area is 238 Å². The van der Waals surface area contributed by atoms with E-state index in [9.17, 15) is 5.11 Å². The van der Waals surface area contributed by atoms with E-state index in [0.29, 0.717) is 11.4 Å². The van der Waals surface area contributed by atoms with Crippen LogP contribution in [-0.2, 0) is 0 Å². The Bertz CT molecular complexity index is 2010. The van der Waals surface area contributed by atoms with Gasteiger partial charge in [-0.2, -0.15) is 0 Å². The van der Waals surface area contributed by atoms with Gasteiger partial charge >= 0.3 is 0 Å². The number of rotatable bonds is 5.